The molecule has 2 atom stereocenters. The summed E-state index contributed by atoms with van der Waals surface area (Å²) in [6, 6.07) is 0. The van der Waals surface area contributed by atoms with Gasteiger partial charge >= 0.3 is 16.5 Å². The van der Waals surface area contributed by atoms with Gasteiger partial charge < -0.3 is 9.79 Å². The lowest BCUT2D eigenvalue weighted by Gasteiger charge is -1.86. The molecule has 0 aromatic heterocycles. The van der Waals surface area contributed by atoms with Crippen LogP contribution in [0.2, 0.25) is 0 Å². The highest BCUT2D eigenvalue weighted by atomic mass is 31.2. The van der Waals surface area contributed by atoms with Crippen molar-refractivity contribution in [2.75, 3.05) is 0 Å². The van der Waals surface area contributed by atoms with Gasteiger partial charge in [0.05, 0.1) is 0 Å². The second-order valence-corrected chi connectivity index (χ2v) is 2.51. The monoisotopic (exact) mass is 176 g/mol. The van der Waals surface area contributed by atoms with E-state index < -0.39 is 16.5 Å². The zero-order valence-electron chi connectivity index (χ0n) is 3.12. The van der Waals surface area contributed by atoms with E-state index in [0.717, 1.165) is 0 Å². The summed E-state index contributed by atoms with van der Waals surface area (Å²) in [5, 5.41) is 0. The molecular formula is H7AlO5P2. The molecule has 0 rings (SSSR count). The Bertz CT molecular complexity index is 86.6. The summed E-state index contributed by atoms with van der Waals surface area (Å²) >= 11 is 0. The molecule has 0 radical (unpaired) electrons. The molecule has 2 N–H and O–H groups in total. The second kappa shape index (κ2) is 6.00. The molecule has 8 heteroatoms. The Hall–Kier alpha value is 0.872. The van der Waals surface area contributed by atoms with Crippen molar-refractivity contribution in [3.8, 4) is 0 Å². The zero-order valence-corrected chi connectivity index (χ0v) is 5.12. The lowest BCUT2D eigenvalue weighted by Crippen LogP contribution is -1.58. The predicted molar refractivity (Wildman–Crippen MR) is 33.5 cm³/mol. The van der Waals surface area contributed by atoms with E-state index in [4.69, 9.17) is 9.79 Å². The molecule has 0 bridgehead atoms. The van der Waals surface area contributed by atoms with Crippen LogP contribution in [0.5, 0.6) is 0 Å². The van der Waals surface area contributed by atoms with Gasteiger partial charge in [-0.25, -0.2) is 4.31 Å². The third-order valence-corrected chi connectivity index (χ3v) is 1.57. The third kappa shape index (κ3) is 9.98. The summed E-state index contributed by atoms with van der Waals surface area (Å²) in [4.78, 5) is 15.4. The molecule has 0 fully saturated rings. The maximum absolute atomic E-state index is 9.44. The average Bonchev–Trinajstić information content (AvgIpc) is 1.27. The number of hydrogen-bond donors (Lipinski definition) is 2. The molecular weight excluding hydrogens is 169 g/mol. The predicted octanol–water partition coefficient (Wildman–Crippen LogP) is -1.42. The van der Waals surface area contributed by atoms with Crippen LogP contribution in [0.3, 0.4) is 0 Å². The highest BCUT2D eigenvalue weighted by Crippen LogP contribution is 2.30. The smallest absolute Gasteiger partial charge is 0.323 e. The first-order valence-corrected chi connectivity index (χ1v) is 3.79. The van der Waals surface area contributed by atoms with Crippen molar-refractivity contribution in [3.05, 3.63) is 0 Å². The van der Waals surface area contributed by atoms with Gasteiger partial charge in [0.2, 0.25) is 0 Å². The molecule has 0 spiro atoms. The zero-order chi connectivity index (χ0) is 5.86. The molecule has 0 aliphatic carbocycles. The highest BCUT2D eigenvalue weighted by molar-refractivity contribution is 7.46. The van der Waals surface area contributed by atoms with E-state index in [1.165, 1.54) is 0 Å². The summed E-state index contributed by atoms with van der Waals surface area (Å²) in [6.45, 7) is 0. The molecule has 0 saturated carbocycles. The van der Waals surface area contributed by atoms with Crippen LogP contribution >= 0.6 is 16.5 Å². The molecule has 0 saturated heterocycles. The first-order valence-electron chi connectivity index (χ1n) is 1.26. The summed E-state index contributed by atoms with van der Waals surface area (Å²) in [6.07, 6.45) is 0. The molecule has 0 amide bonds. The van der Waals surface area contributed by atoms with Gasteiger partial charge in [0, 0.05) is 0 Å². The van der Waals surface area contributed by atoms with Gasteiger partial charge in [-0.2, -0.15) is 0 Å². The maximum atomic E-state index is 9.44. The van der Waals surface area contributed by atoms with Crippen molar-refractivity contribution >= 4 is 33.9 Å². The van der Waals surface area contributed by atoms with Crippen molar-refractivity contribution in [1.82, 2.24) is 0 Å². The molecule has 50 valence electrons. The summed E-state index contributed by atoms with van der Waals surface area (Å²) < 4.78 is 22.3. The normalized spacial score (nSPS) is 16.2. The fraction of sp³-hybridized carbons (Fsp3) is 0. The topological polar surface area (TPSA) is 83.8 Å². The van der Waals surface area contributed by atoms with Crippen LogP contribution in [0.4, 0.5) is 0 Å². The standard InChI is InChI=1S/Al.H4O5P2.3H/c;1-6(2)5-7(3)4;;;/h;6-7H,(H,1,2)(H,3,4);;;. The highest BCUT2D eigenvalue weighted by Gasteiger charge is 1.93. The lowest BCUT2D eigenvalue weighted by atomic mass is 15.8. The van der Waals surface area contributed by atoms with E-state index in [9.17, 15) is 9.13 Å². The van der Waals surface area contributed by atoms with Gasteiger partial charge in [-0.05, 0) is 0 Å². The van der Waals surface area contributed by atoms with E-state index in [1.54, 1.807) is 0 Å². The maximum Gasteiger partial charge on any atom is 0.323 e. The Kier molecular flexibility index (Phi) is 8.73. The fourth-order valence-electron chi connectivity index (χ4n) is 0.0747. The number of hydrogen-bond acceptors (Lipinski definition) is 3. The van der Waals surface area contributed by atoms with Crippen LogP contribution in [0.25, 0.3) is 0 Å². The fourth-order valence-corrected chi connectivity index (χ4v) is 0.672. The Labute approximate surface area is 57.7 Å². The van der Waals surface area contributed by atoms with Crippen LogP contribution < -0.4 is 0 Å². The molecule has 0 aliphatic rings. The minimum Gasteiger partial charge on any atom is -0.326 e. The van der Waals surface area contributed by atoms with Crippen LogP contribution in [0.15, 0.2) is 0 Å². The van der Waals surface area contributed by atoms with Crippen LogP contribution in [-0.4, -0.2) is 27.1 Å². The van der Waals surface area contributed by atoms with Gasteiger partial charge in [0.1, 0.15) is 0 Å². The largest absolute Gasteiger partial charge is 0.326 e. The molecule has 0 aromatic rings. The molecule has 2 unspecified atom stereocenters. The van der Waals surface area contributed by atoms with E-state index in [2.05, 4.69) is 4.31 Å². The molecule has 0 aliphatic heterocycles. The van der Waals surface area contributed by atoms with E-state index >= 15 is 0 Å². The molecule has 5 nitrogen and oxygen atoms in total. The molecule has 8 heavy (non-hydrogen) atoms. The Morgan fingerprint density at radius 2 is 1.38 bits per heavy atom. The van der Waals surface area contributed by atoms with Crippen molar-refractivity contribution in [1.29, 1.82) is 0 Å². The average molecular weight is 176 g/mol. The second-order valence-electron chi connectivity index (χ2n) is 0.634. The first-order chi connectivity index (χ1) is 3.13. The van der Waals surface area contributed by atoms with Crippen LogP contribution in [-0.2, 0) is 13.4 Å². The SMILES string of the molecule is O=[PH](O)O[PH](=O)O.[AlH3]. The first kappa shape index (κ1) is 11.6. The van der Waals surface area contributed by atoms with E-state index in [0.29, 0.717) is 0 Å². The summed E-state index contributed by atoms with van der Waals surface area (Å²) in [5.41, 5.74) is 0. The third-order valence-electron chi connectivity index (χ3n) is 0.175. The Balaban J connectivity index is 0. The minimum absolute atomic E-state index is 0. The van der Waals surface area contributed by atoms with E-state index in [1.807, 2.05) is 0 Å². The molecule has 0 aromatic carbocycles. The van der Waals surface area contributed by atoms with Gasteiger partial charge in [0.25, 0.3) is 0 Å². The Morgan fingerprint density at radius 3 is 1.38 bits per heavy atom. The van der Waals surface area contributed by atoms with Crippen LogP contribution in [0, 0.1) is 0 Å². The van der Waals surface area contributed by atoms with Gasteiger partial charge in [-0.3, -0.25) is 9.13 Å². The van der Waals surface area contributed by atoms with E-state index in [-0.39, 0.29) is 17.4 Å². The van der Waals surface area contributed by atoms with Crippen LogP contribution in [0.1, 0.15) is 0 Å². The van der Waals surface area contributed by atoms with Gasteiger partial charge in [0.15, 0.2) is 17.4 Å². The molecule has 0 heterocycles. The van der Waals surface area contributed by atoms with Crippen molar-refractivity contribution in [2.24, 2.45) is 0 Å². The summed E-state index contributed by atoms with van der Waals surface area (Å²) in [7, 11) is -6.40. The van der Waals surface area contributed by atoms with Crippen molar-refractivity contribution < 1.29 is 23.2 Å². The van der Waals surface area contributed by atoms with Crippen molar-refractivity contribution in [3.63, 3.8) is 0 Å². The van der Waals surface area contributed by atoms with Gasteiger partial charge in [-0.1, -0.05) is 0 Å². The number of rotatable bonds is 2. The minimum atomic E-state index is -3.20. The summed E-state index contributed by atoms with van der Waals surface area (Å²) in [5.74, 6) is 0. The quantitative estimate of drug-likeness (QED) is 0.398. The Morgan fingerprint density at radius 1 is 1.12 bits per heavy atom. The lowest BCUT2D eigenvalue weighted by molar-refractivity contribution is 0.371. The van der Waals surface area contributed by atoms with Crippen molar-refractivity contribution in [2.45, 2.75) is 0 Å². The van der Waals surface area contributed by atoms with Gasteiger partial charge in [-0.15, -0.1) is 0 Å².